The average molecular weight is 410 g/mol. The molecule has 1 amide bonds. The summed E-state index contributed by atoms with van der Waals surface area (Å²) in [6.45, 7) is 5.92. The summed E-state index contributed by atoms with van der Waals surface area (Å²) in [7, 11) is 0. The molecule has 0 radical (unpaired) electrons. The van der Waals surface area contributed by atoms with E-state index >= 15 is 0 Å². The van der Waals surface area contributed by atoms with Gasteiger partial charge in [0, 0.05) is 0 Å². The average Bonchev–Trinajstić information content (AvgIpc) is 2.65. The quantitative estimate of drug-likeness (QED) is 0.651. The van der Waals surface area contributed by atoms with Crippen molar-refractivity contribution in [3.8, 4) is 11.5 Å². The van der Waals surface area contributed by atoms with E-state index in [9.17, 15) is 14.0 Å². The van der Waals surface area contributed by atoms with Crippen LogP contribution in [0.2, 0.25) is 5.02 Å². The summed E-state index contributed by atoms with van der Waals surface area (Å²) in [6.07, 6.45) is -1.10. The highest BCUT2D eigenvalue weighted by atomic mass is 35.5. The highest BCUT2D eigenvalue weighted by Gasteiger charge is 2.21. The molecule has 2 aromatic rings. The Kier molecular flexibility index (Phi) is 7.63. The predicted molar refractivity (Wildman–Crippen MR) is 104 cm³/mol. The third-order valence-electron chi connectivity index (χ3n) is 3.62. The third kappa shape index (κ3) is 5.60. The van der Waals surface area contributed by atoms with E-state index in [1.807, 2.05) is 13.8 Å². The highest BCUT2D eigenvalue weighted by Crippen LogP contribution is 2.29. The number of amides is 1. The van der Waals surface area contributed by atoms with Crippen LogP contribution in [0.3, 0.4) is 0 Å². The lowest BCUT2D eigenvalue weighted by atomic mass is 10.2. The first-order chi connectivity index (χ1) is 13.3. The van der Waals surface area contributed by atoms with Gasteiger partial charge in [-0.25, -0.2) is 9.18 Å². The van der Waals surface area contributed by atoms with Crippen LogP contribution in [0.1, 0.15) is 31.1 Å². The lowest BCUT2D eigenvalue weighted by Crippen LogP contribution is -2.30. The van der Waals surface area contributed by atoms with Gasteiger partial charge in [-0.2, -0.15) is 0 Å². The van der Waals surface area contributed by atoms with Gasteiger partial charge in [0.15, 0.2) is 17.6 Å². The molecule has 0 aliphatic heterocycles. The van der Waals surface area contributed by atoms with E-state index in [1.54, 1.807) is 6.07 Å². The molecule has 1 atom stereocenters. The highest BCUT2D eigenvalue weighted by molar-refractivity contribution is 6.33. The van der Waals surface area contributed by atoms with Gasteiger partial charge in [-0.15, -0.1) is 0 Å². The summed E-state index contributed by atoms with van der Waals surface area (Å²) in [5.41, 5.74) is 0.432. The second-order valence-electron chi connectivity index (χ2n) is 5.69. The van der Waals surface area contributed by atoms with Crippen LogP contribution in [-0.2, 0) is 9.53 Å². The zero-order valence-corrected chi connectivity index (χ0v) is 16.5. The minimum Gasteiger partial charge on any atom is -0.490 e. The van der Waals surface area contributed by atoms with Gasteiger partial charge in [-0.05, 0) is 57.2 Å². The number of hydrogen-bond acceptors (Lipinski definition) is 5. The van der Waals surface area contributed by atoms with Gasteiger partial charge in [0.05, 0.1) is 29.5 Å². The Balaban J connectivity index is 2.06. The van der Waals surface area contributed by atoms with Crippen LogP contribution in [0.4, 0.5) is 10.1 Å². The molecule has 0 aliphatic carbocycles. The predicted octanol–water partition coefficient (Wildman–Crippen LogP) is 4.46. The molecule has 2 rings (SSSR count). The number of rotatable bonds is 8. The lowest BCUT2D eigenvalue weighted by molar-refractivity contribution is -0.123. The van der Waals surface area contributed by atoms with Crippen LogP contribution >= 0.6 is 11.6 Å². The molecule has 0 aliphatic rings. The van der Waals surface area contributed by atoms with E-state index < -0.39 is 23.8 Å². The summed E-state index contributed by atoms with van der Waals surface area (Å²) in [6, 6.07) is 8.19. The van der Waals surface area contributed by atoms with Gasteiger partial charge in [0.2, 0.25) is 0 Å². The number of esters is 1. The van der Waals surface area contributed by atoms with Crippen molar-refractivity contribution in [1.82, 2.24) is 0 Å². The number of hydrogen-bond donors (Lipinski definition) is 1. The van der Waals surface area contributed by atoms with Crippen LogP contribution in [0, 0.1) is 5.82 Å². The monoisotopic (exact) mass is 409 g/mol. The first-order valence-electron chi connectivity index (χ1n) is 8.72. The molecule has 28 heavy (non-hydrogen) atoms. The molecule has 8 heteroatoms. The van der Waals surface area contributed by atoms with Crippen molar-refractivity contribution in [3.63, 3.8) is 0 Å². The third-order valence-corrected chi connectivity index (χ3v) is 3.93. The molecule has 0 heterocycles. The van der Waals surface area contributed by atoms with E-state index in [4.69, 9.17) is 25.8 Å². The van der Waals surface area contributed by atoms with Gasteiger partial charge in [-0.3, -0.25) is 4.79 Å². The smallest absolute Gasteiger partial charge is 0.339 e. The van der Waals surface area contributed by atoms with Crippen molar-refractivity contribution in [2.45, 2.75) is 26.9 Å². The second-order valence-corrected chi connectivity index (χ2v) is 6.10. The second kappa shape index (κ2) is 9.94. The Hall–Kier alpha value is -2.80. The summed E-state index contributed by atoms with van der Waals surface area (Å²) in [5, 5.41) is 2.53. The Bertz CT molecular complexity index is 858. The first kappa shape index (κ1) is 21.5. The van der Waals surface area contributed by atoms with Crippen molar-refractivity contribution in [2.75, 3.05) is 18.5 Å². The van der Waals surface area contributed by atoms with Gasteiger partial charge in [0.1, 0.15) is 5.82 Å². The zero-order chi connectivity index (χ0) is 20.7. The van der Waals surface area contributed by atoms with E-state index in [2.05, 4.69) is 5.32 Å². The summed E-state index contributed by atoms with van der Waals surface area (Å²) in [5.74, 6) is -0.899. The molecule has 0 fully saturated rings. The van der Waals surface area contributed by atoms with Crippen molar-refractivity contribution < 1.29 is 28.2 Å². The van der Waals surface area contributed by atoms with E-state index in [0.29, 0.717) is 24.7 Å². The Morgan fingerprint density at radius 2 is 1.75 bits per heavy atom. The molecular formula is C20H21ClFNO5. The van der Waals surface area contributed by atoms with Crippen LogP contribution < -0.4 is 14.8 Å². The molecule has 2 aromatic carbocycles. The Morgan fingerprint density at radius 3 is 2.39 bits per heavy atom. The SMILES string of the molecule is CCOc1ccc(C(=O)OC(C)C(=O)Nc2ccc(F)cc2Cl)cc1OCC. The van der Waals surface area contributed by atoms with Crippen LogP contribution in [0.25, 0.3) is 0 Å². The maximum atomic E-state index is 13.1. The van der Waals surface area contributed by atoms with Crippen molar-refractivity contribution in [2.24, 2.45) is 0 Å². The number of halogens is 2. The van der Waals surface area contributed by atoms with E-state index in [-0.39, 0.29) is 16.3 Å². The molecule has 6 nitrogen and oxygen atoms in total. The number of carbonyl (C=O) groups excluding carboxylic acids is 2. The minimum atomic E-state index is -1.10. The van der Waals surface area contributed by atoms with Crippen LogP contribution in [0.15, 0.2) is 36.4 Å². The number of benzene rings is 2. The summed E-state index contributed by atoms with van der Waals surface area (Å²) >= 11 is 5.88. The minimum absolute atomic E-state index is 0.0414. The van der Waals surface area contributed by atoms with Crippen molar-refractivity contribution >= 4 is 29.2 Å². The topological polar surface area (TPSA) is 73.9 Å². The molecule has 0 aromatic heterocycles. The molecule has 0 spiro atoms. The largest absolute Gasteiger partial charge is 0.490 e. The van der Waals surface area contributed by atoms with Crippen molar-refractivity contribution in [1.29, 1.82) is 0 Å². The number of anilines is 1. The number of nitrogens with one attached hydrogen (secondary N) is 1. The zero-order valence-electron chi connectivity index (χ0n) is 15.8. The van der Waals surface area contributed by atoms with E-state index in [0.717, 1.165) is 12.1 Å². The normalized spacial score (nSPS) is 11.5. The van der Waals surface area contributed by atoms with Gasteiger partial charge in [0.25, 0.3) is 5.91 Å². The van der Waals surface area contributed by atoms with Gasteiger partial charge < -0.3 is 19.5 Å². The van der Waals surface area contributed by atoms with E-state index in [1.165, 1.54) is 25.1 Å². The fourth-order valence-electron chi connectivity index (χ4n) is 2.29. The summed E-state index contributed by atoms with van der Waals surface area (Å²) < 4.78 is 29.2. The Labute approximate surface area is 167 Å². The molecular weight excluding hydrogens is 389 g/mol. The van der Waals surface area contributed by atoms with Crippen LogP contribution in [0.5, 0.6) is 11.5 Å². The molecule has 1 N–H and O–H groups in total. The number of ether oxygens (including phenoxy) is 3. The fraction of sp³-hybridized carbons (Fsp3) is 0.300. The standard InChI is InChI=1S/C20H21ClFNO5/c1-4-26-17-9-6-13(10-18(17)27-5-2)20(25)28-12(3)19(24)23-16-8-7-14(22)11-15(16)21/h6-12H,4-5H2,1-3H3,(H,23,24). The summed E-state index contributed by atoms with van der Waals surface area (Å²) in [4.78, 5) is 24.6. The molecule has 0 bridgehead atoms. The van der Waals surface area contributed by atoms with Crippen molar-refractivity contribution in [3.05, 3.63) is 52.8 Å². The lowest BCUT2D eigenvalue weighted by Gasteiger charge is -2.15. The Morgan fingerprint density at radius 1 is 1.07 bits per heavy atom. The van der Waals surface area contributed by atoms with Gasteiger partial charge in [-0.1, -0.05) is 11.6 Å². The van der Waals surface area contributed by atoms with Gasteiger partial charge >= 0.3 is 5.97 Å². The van der Waals surface area contributed by atoms with Crippen LogP contribution in [-0.4, -0.2) is 31.2 Å². The number of carbonyl (C=O) groups is 2. The maximum Gasteiger partial charge on any atom is 0.339 e. The maximum absolute atomic E-state index is 13.1. The first-order valence-corrected chi connectivity index (χ1v) is 9.10. The molecule has 150 valence electrons. The molecule has 0 saturated carbocycles. The fourth-order valence-corrected chi connectivity index (χ4v) is 2.50. The molecule has 0 saturated heterocycles. The molecule has 1 unspecified atom stereocenters.